The molecule has 0 aliphatic carbocycles. The monoisotopic (exact) mass is 283 g/mol. The molecule has 108 valence electrons. The van der Waals surface area contributed by atoms with Gasteiger partial charge in [0.2, 0.25) is 0 Å². The maximum Gasteiger partial charge on any atom is 0.259 e. The third-order valence-electron chi connectivity index (χ3n) is 3.54. The van der Waals surface area contributed by atoms with Crippen LogP contribution in [-0.4, -0.2) is 29.0 Å². The Kier molecular flexibility index (Phi) is 3.45. The quantitative estimate of drug-likeness (QED) is 0.591. The van der Waals surface area contributed by atoms with Crippen LogP contribution in [0.15, 0.2) is 48.9 Å². The third-order valence-corrected chi connectivity index (χ3v) is 3.54. The summed E-state index contributed by atoms with van der Waals surface area (Å²) in [6.45, 7) is 2.03. The molecule has 0 aliphatic heterocycles. The van der Waals surface area contributed by atoms with Crippen LogP contribution in [0.25, 0.3) is 11.0 Å². The van der Waals surface area contributed by atoms with Gasteiger partial charge in [-0.1, -0.05) is 18.2 Å². The van der Waals surface area contributed by atoms with Crippen LogP contribution in [0, 0.1) is 0 Å². The first-order valence-corrected chi connectivity index (χ1v) is 6.94. The van der Waals surface area contributed by atoms with Gasteiger partial charge in [-0.05, 0) is 19.1 Å². The van der Waals surface area contributed by atoms with Gasteiger partial charge in [-0.25, -0.2) is 9.97 Å². The summed E-state index contributed by atoms with van der Waals surface area (Å²) in [5.41, 5.74) is 3.04. The van der Waals surface area contributed by atoms with Crippen LogP contribution >= 0.6 is 0 Å². The number of nitrogens with one attached hydrogen (secondary N) is 1. The molecule has 3 aromatic rings. The van der Waals surface area contributed by atoms with Gasteiger partial charge < -0.3 is 4.98 Å². The minimum absolute atomic E-state index is 0.103. The standard InChI is InChI=1S/C16H19N4O/c1-12(13-7-6-8-14-16(13)19-11-18-14)21-20(2,3)15-9-4-5-10-17-15/h4-12H,1-3H3,(H,18,19)/q+1. The Morgan fingerprint density at radius 3 is 2.71 bits per heavy atom. The van der Waals surface area contributed by atoms with E-state index in [1.54, 1.807) is 12.5 Å². The summed E-state index contributed by atoms with van der Waals surface area (Å²) in [5.74, 6) is 0.860. The van der Waals surface area contributed by atoms with Crippen molar-refractivity contribution in [3.8, 4) is 0 Å². The summed E-state index contributed by atoms with van der Waals surface area (Å²) >= 11 is 0. The highest BCUT2D eigenvalue weighted by molar-refractivity contribution is 5.78. The molecule has 0 saturated carbocycles. The largest absolute Gasteiger partial charge is 0.345 e. The summed E-state index contributed by atoms with van der Waals surface area (Å²) in [5, 5.41) is 0. The minimum Gasteiger partial charge on any atom is -0.345 e. The molecule has 0 aliphatic rings. The molecule has 0 saturated heterocycles. The average molecular weight is 283 g/mol. The molecule has 0 amide bonds. The number of benzene rings is 1. The van der Waals surface area contributed by atoms with Gasteiger partial charge in [0, 0.05) is 17.8 Å². The maximum absolute atomic E-state index is 6.21. The SMILES string of the molecule is CC(O[N+](C)(C)c1ccccn1)c1cccc2[nH]cnc12. The van der Waals surface area contributed by atoms with Crippen molar-refractivity contribution in [1.82, 2.24) is 19.6 Å². The van der Waals surface area contributed by atoms with Crippen molar-refractivity contribution in [3.05, 3.63) is 54.5 Å². The number of nitrogens with zero attached hydrogens (tertiary/aromatic N) is 3. The van der Waals surface area contributed by atoms with Gasteiger partial charge in [-0.2, -0.15) is 4.84 Å². The van der Waals surface area contributed by atoms with Crippen LogP contribution < -0.4 is 4.65 Å². The van der Waals surface area contributed by atoms with E-state index >= 15 is 0 Å². The number of aromatic nitrogens is 3. The van der Waals surface area contributed by atoms with Crippen molar-refractivity contribution in [2.75, 3.05) is 14.1 Å². The Balaban J connectivity index is 1.89. The maximum atomic E-state index is 6.21. The number of hydroxylamine groups is 2. The molecule has 0 fully saturated rings. The molecular weight excluding hydrogens is 264 g/mol. The zero-order valence-corrected chi connectivity index (χ0v) is 12.4. The van der Waals surface area contributed by atoms with Crippen molar-refractivity contribution in [3.63, 3.8) is 0 Å². The molecule has 21 heavy (non-hydrogen) atoms. The fourth-order valence-corrected chi connectivity index (χ4v) is 2.49. The van der Waals surface area contributed by atoms with E-state index in [4.69, 9.17) is 4.84 Å². The molecule has 0 radical (unpaired) electrons. The molecule has 1 N–H and O–H groups in total. The number of hydrogen-bond acceptors (Lipinski definition) is 3. The number of H-pyrrole nitrogens is 1. The number of hydrogen-bond donors (Lipinski definition) is 1. The normalized spacial score (nSPS) is 13.5. The topological polar surface area (TPSA) is 50.8 Å². The Morgan fingerprint density at radius 1 is 1.10 bits per heavy atom. The van der Waals surface area contributed by atoms with Crippen LogP contribution in [0.1, 0.15) is 18.6 Å². The summed E-state index contributed by atoms with van der Waals surface area (Å²) in [4.78, 5) is 18.1. The predicted molar refractivity (Wildman–Crippen MR) is 83.5 cm³/mol. The van der Waals surface area contributed by atoms with Gasteiger partial charge in [-0.15, -0.1) is 4.65 Å². The zero-order valence-electron chi connectivity index (χ0n) is 12.4. The lowest BCUT2D eigenvalue weighted by atomic mass is 10.1. The molecular formula is C16H19N4O+. The molecule has 5 nitrogen and oxygen atoms in total. The molecule has 1 unspecified atom stereocenters. The van der Waals surface area contributed by atoms with Crippen LogP contribution in [0.2, 0.25) is 0 Å². The van der Waals surface area contributed by atoms with Crippen molar-refractivity contribution in [2.24, 2.45) is 0 Å². The van der Waals surface area contributed by atoms with Crippen molar-refractivity contribution in [2.45, 2.75) is 13.0 Å². The number of para-hydroxylation sites is 1. The van der Waals surface area contributed by atoms with Gasteiger partial charge in [-0.3, -0.25) is 0 Å². The highest BCUT2D eigenvalue weighted by Gasteiger charge is 2.27. The molecule has 0 spiro atoms. The van der Waals surface area contributed by atoms with Crippen molar-refractivity contribution < 1.29 is 4.84 Å². The highest BCUT2D eigenvalue weighted by atomic mass is 16.7. The first kappa shape index (κ1) is 13.7. The summed E-state index contributed by atoms with van der Waals surface area (Å²) in [7, 11) is 3.95. The number of quaternary nitrogens is 1. The lowest BCUT2D eigenvalue weighted by Gasteiger charge is -2.28. The fraction of sp³-hybridized carbons (Fsp3) is 0.250. The first-order valence-electron chi connectivity index (χ1n) is 6.94. The van der Waals surface area contributed by atoms with E-state index < -0.39 is 0 Å². The van der Waals surface area contributed by atoms with Gasteiger partial charge in [0.15, 0.2) is 0 Å². The second-order valence-corrected chi connectivity index (χ2v) is 5.43. The number of rotatable bonds is 4. The van der Waals surface area contributed by atoms with E-state index in [0.29, 0.717) is 0 Å². The van der Waals surface area contributed by atoms with E-state index in [-0.39, 0.29) is 10.8 Å². The van der Waals surface area contributed by atoms with Gasteiger partial charge >= 0.3 is 0 Å². The number of imidazole rings is 1. The molecule has 5 heteroatoms. The number of fused-ring (bicyclic) bond motifs is 1. The van der Waals surface area contributed by atoms with Crippen LogP contribution in [0.3, 0.4) is 0 Å². The fourth-order valence-electron chi connectivity index (χ4n) is 2.49. The average Bonchev–Trinajstić information content (AvgIpc) is 2.96. The summed E-state index contributed by atoms with van der Waals surface area (Å²) in [6.07, 6.45) is 3.38. The smallest absolute Gasteiger partial charge is 0.259 e. The van der Waals surface area contributed by atoms with E-state index in [0.717, 1.165) is 22.4 Å². The summed E-state index contributed by atoms with van der Waals surface area (Å²) in [6, 6.07) is 11.9. The van der Waals surface area contributed by atoms with Crippen LogP contribution in [-0.2, 0) is 4.84 Å². The van der Waals surface area contributed by atoms with E-state index in [2.05, 4.69) is 15.0 Å². The van der Waals surface area contributed by atoms with Gasteiger partial charge in [0.1, 0.15) is 20.2 Å². The van der Waals surface area contributed by atoms with Crippen LogP contribution in [0.4, 0.5) is 5.82 Å². The molecule has 2 aromatic heterocycles. The number of pyridine rings is 1. The third kappa shape index (κ3) is 2.66. The highest BCUT2D eigenvalue weighted by Crippen LogP contribution is 2.28. The predicted octanol–water partition coefficient (Wildman–Crippen LogP) is 3.22. The Bertz CT molecular complexity index is 736. The molecule has 2 heterocycles. The van der Waals surface area contributed by atoms with Gasteiger partial charge in [0.25, 0.3) is 5.82 Å². The number of aromatic amines is 1. The molecule has 1 atom stereocenters. The van der Waals surface area contributed by atoms with E-state index in [1.165, 1.54) is 0 Å². The molecule has 0 bridgehead atoms. The second-order valence-electron chi connectivity index (χ2n) is 5.43. The molecule has 1 aromatic carbocycles. The lowest BCUT2D eigenvalue weighted by molar-refractivity contribution is -0.152. The Morgan fingerprint density at radius 2 is 1.95 bits per heavy atom. The molecule has 3 rings (SSSR count). The van der Waals surface area contributed by atoms with E-state index in [9.17, 15) is 0 Å². The second kappa shape index (κ2) is 5.27. The lowest BCUT2D eigenvalue weighted by Crippen LogP contribution is -2.41. The summed E-state index contributed by atoms with van der Waals surface area (Å²) < 4.78 is 0.253. The minimum atomic E-state index is -0.103. The van der Waals surface area contributed by atoms with Crippen LogP contribution in [0.5, 0.6) is 0 Å². The van der Waals surface area contributed by atoms with E-state index in [1.807, 2.05) is 57.4 Å². The van der Waals surface area contributed by atoms with Crippen molar-refractivity contribution in [1.29, 1.82) is 0 Å². The zero-order chi connectivity index (χ0) is 14.9. The Labute approximate surface area is 123 Å². The Hall–Kier alpha value is -2.24. The first-order chi connectivity index (χ1) is 10.1. The van der Waals surface area contributed by atoms with Crippen molar-refractivity contribution >= 4 is 16.9 Å². The van der Waals surface area contributed by atoms with Gasteiger partial charge in [0.05, 0.1) is 17.4 Å².